The Morgan fingerprint density at radius 2 is 1.50 bits per heavy atom. The molecule has 0 N–H and O–H groups in total. The number of rotatable bonds is 6. The van der Waals surface area contributed by atoms with Crippen molar-refractivity contribution >= 4 is 17.9 Å². The first-order valence-corrected chi connectivity index (χ1v) is 4.32. The van der Waals surface area contributed by atoms with Crippen LogP contribution in [0.2, 0.25) is 0 Å². The van der Waals surface area contributed by atoms with Crippen LogP contribution in [0.4, 0.5) is 0 Å². The van der Waals surface area contributed by atoms with E-state index in [0.717, 1.165) is 18.2 Å². The molecule has 0 rings (SSSR count). The van der Waals surface area contributed by atoms with Gasteiger partial charge in [-0.15, -0.1) is 0 Å². The number of esters is 3. The molecular weight excluding hydrogens is 216 g/mol. The zero-order valence-electron chi connectivity index (χ0n) is 8.80. The van der Waals surface area contributed by atoms with Crippen LogP contribution in [0.1, 0.15) is 0 Å². The maximum absolute atomic E-state index is 10.9. The number of carbonyl (C=O) groups excluding carboxylic acids is 3. The highest BCUT2D eigenvalue weighted by Crippen LogP contribution is 1.86. The van der Waals surface area contributed by atoms with Gasteiger partial charge < -0.3 is 14.2 Å². The van der Waals surface area contributed by atoms with E-state index in [0.29, 0.717) is 0 Å². The molecule has 0 aromatic rings. The van der Waals surface area contributed by atoms with Gasteiger partial charge in [-0.25, -0.2) is 14.4 Å². The van der Waals surface area contributed by atoms with Gasteiger partial charge in [0.2, 0.25) is 0 Å². The maximum atomic E-state index is 10.9. The Balaban J connectivity index is 3.66. The summed E-state index contributed by atoms with van der Waals surface area (Å²) in [7, 11) is 1.19. The minimum absolute atomic E-state index is 0.0668. The molecule has 0 heterocycles. The molecule has 0 bridgehead atoms. The summed E-state index contributed by atoms with van der Waals surface area (Å²) in [6.07, 6.45) is 2.85. The summed E-state index contributed by atoms with van der Waals surface area (Å²) in [5.74, 6) is -1.98. The van der Waals surface area contributed by atoms with Gasteiger partial charge in [0.1, 0.15) is 13.2 Å². The first-order valence-electron chi connectivity index (χ1n) is 4.32. The first-order chi connectivity index (χ1) is 7.60. The van der Waals surface area contributed by atoms with Crippen molar-refractivity contribution in [1.82, 2.24) is 0 Å². The van der Waals surface area contributed by atoms with Gasteiger partial charge in [-0.2, -0.15) is 0 Å². The molecule has 0 spiro atoms. The lowest BCUT2D eigenvalue weighted by Crippen LogP contribution is -2.11. The molecule has 6 nitrogen and oxygen atoms in total. The highest BCUT2D eigenvalue weighted by molar-refractivity contribution is 5.91. The normalized spacial score (nSPS) is 9.56. The summed E-state index contributed by atoms with van der Waals surface area (Å²) >= 11 is 0. The Labute approximate surface area is 92.5 Å². The van der Waals surface area contributed by atoms with Gasteiger partial charge in [-0.1, -0.05) is 6.58 Å². The van der Waals surface area contributed by atoms with Crippen molar-refractivity contribution in [3.63, 3.8) is 0 Å². The van der Waals surface area contributed by atoms with E-state index in [1.807, 2.05) is 0 Å². The topological polar surface area (TPSA) is 78.9 Å². The molecule has 0 aromatic carbocycles. The molecule has 6 heteroatoms. The fraction of sp³-hybridized carbons (Fsp3) is 0.300. The van der Waals surface area contributed by atoms with Crippen molar-refractivity contribution in [2.75, 3.05) is 20.3 Å². The molecule has 16 heavy (non-hydrogen) atoms. The fourth-order valence-corrected chi connectivity index (χ4v) is 0.596. The molecule has 88 valence electrons. The van der Waals surface area contributed by atoms with E-state index < -0.39 is 17.9 Å². The van der Waals surface area contributed by atoms with Crippen molar-refractivity contribution in [3.05, 3.63) is 24.8 Å². The average Bonchev–Trinajstić information content (AvgIpc) is 2.31. The summed E-state index contributed by atoms with van der Waals surface area (Å²) in [6.45, 7) is 3.03. The lowest BCUT2D eigenvalue weighted by atomic mass is 10.5. The molecule has 0 aliphatic rings. The molecule has 0 aliphatic heterocycles. The van der Waals surface area contributed by atoms with Crippen molar-refractivity contribution < 1.29 is 28.6 Å². The van der Waals surface area contributed by atoms with E-state index in [-0.39, 0.29) is 13.2 Å². The lowest BCUT2D eigenvalue weighted by Gasteiger charge is -2.01. The van der Waals surface area contributed by atoms with Gasteiger partial charge in [0.15, 0.2) is 0 Å². The van der Waals surface area contributed by atoms with Gasteiger partial charge >= 0.3 is 17.9 Å². The van der Waals surface area contributed by atoms with E-state index in [9.17, 15) is 14.4 Å². The molecule has 0 aromatic heterocycles. The number of methoxy groups -OCH3 is 1. The summed E-state index contributed by atoms with van der Waals surface area (Å²) < 4.78 is 13.4. The molecule has 0 radical (unpaired) electrons. The Morgan fingerprint density at radius 3 is 2.00 bits per heavy atom. The van der Waals surface area contributed by atoms with E-state index in [2.05, 4.69) is 20.8 Å². The number of carbonyl (C=O) groups is 3. The Kier molecular flexibility index (Phi) is 7.14. The molecule has 0 amide bonds. The van der Waals surface area contributed by atoms with Crippen LogP contribution in [0.5, 0.6) is 0 Å². The van der Waals surface area contributed by atoms with Crippen molar-refractivity contribution in [2.45, 2.75) is 0 Å². The largest absolute Gasteiger partial charge is 0.466 e. The summed E-state index contributed by atoms with van der Waals surface area (Å²) in [6, 6.07) is 0. The first kappa shape index (κ1) is 13.9. The third-order valence-corrected chi connectivity index (χ3v) is 1.30. The van der Waals surface area contributed by atoms with Crippen molar-refractivity contribution in [1.29, 1.82) is 0 Å². The SMILES string of the molecule is C=CC(=O)OCCOC(=O)/C=C\C(=O)OC. The number of hydrogen-bond donors (Lipinski definition) is 0. The molecule has 0 aliphatic carbocycles. The Morgan fingerprint density at radius 1 is 1.00 bits per heavy atom. The minimum Gasteiger partial charge on any atom is -0.466 e. The van der Waals surface area contributed by atoms with Crippen LogP contribution in [0.25, 0.3) is 0 Å². The van der Waals surface area contributed by atoms with Gasteiger partial charge in [0.25, 0.3) is 0 Å². The molecule has 0 unspecified atom stereocenters. The predicted molar refractivity (Wildman–Crippen MR) is 53.3 cm³/mol. The quantitative estimate of drug-likeness (QED) is 0.275. The van der Waals surface area contributed by atoms with Gasteiger partial charge in [-0.05, 0) is 0 Å². The Hall–Kier alpha value is -2.11. The third kappa shape index (κ3) is 7.31. The van der Waals surface area contributed by atoms with Crippen LogP contribution in [0, 0.1) is 0 Å². The van der Waals surface area contributed by atoms with Crippen LogP contribution in [0.15, 0.2) is 24.8 Å². The van der Waals surface area contributed by atoms with E-state index in [1.54, 1.807) is 0 Å². The van der Waals surface area contributed by atoms with Gasteiger partial charge in [0.05, 0.1) is 7.11 Å². The molecule has 0 saturated carbocycles. The molecule has 0 fully saturated rings. The van der Waals surface area contributed by atoms with Gasteiger partial charge in [-0.3, -0.25) is 0 Å². The predicted octanol–water partition coefficient (Wildman–Crippen LogP) is -0.0120. The van der Waals surface area contributed by atoms with Crippen LogP contribution >= 0.6 is 0 Å². The lowest BCUT2D eigenvalue weighted by molar-refractivity contribution is -0.146. The molecule has 0 saturated heterocycles. The van der Waals surface area contributed by atoms with Crippen LogP contribution < -0.4 is 0 Å². The monoisotopic (exact) mass is 228 g/mol. The Bertz CT molecular complexity index is 304. The summed E-state index contributed by atoms with van der Waals surface area (Å²) in [5, 5.41) is 0. The summed E-state index contributed by atoms with van der Waals surface area (Å²) in [4.78, 5) is 32.0. The molecular formula is C10H12O6. The van der Waals surface area contributed by atoms with E-state index in [4.69, 9.17) is 0 Å². The van der Waals surface area contributed by atoms with Crippen molar-refractivity contribution in [2.24, 2.45) is 0 Å². The second-order valence-corrected chi connectivity index (χ2v) is 2.40. The molecule has 0 atom stereocenters. The highest BCUT2D eigenvalue weighted by Gasteiger charge is 2.00. The number of hydrogen-bond acceptors (Lipinski definition) is 6. The zero-order valence-corrected chi connectivity index (χ0v) is 8.80. The van der Waals surface area contributed by atoms with E-state index in [1.165, 1.54) is 7.11 Å². The second kappa shape index (κ2) is 8.22. The number of ether oxygens (including phenoxy) is 3. The average molecular weight is 228 g/mol. The van der Waals surface area contributed by atoms with Crippen LogP contribution in [0.3, 0.4) is 0 Å². The highest BCUT2D eigenvalue weighted by atomic mass is 16.6. The van der Waals surface area contributed by atoms with Crippen LogP contribution in [-0.2, 0) is 28.6 Å². The van der Waals surface area contributed by atoms with Crippen LogP contribution in [-0.4, -0.2) is 38.2 Å². The van der Waals surface area contributed by atoms with Crippen molar-refractivity contribution in [3.8, 4) is 0 Å². The smallest absolute Gasteiger partial charge is 0.331 e. The maximum Gasteiger partial charge on any atom is 0.331 e. The van der Waals surface area contributed by atoms with E-state index >= 15 is 0 Å². The standard InChI is InChI=1S/C10H12O6/c1-3-8(11)15-6-7-16-10(13)5-4-9(12)14-2/h3-5H,1,6-7H2,2H3/b5-4-. The fourth-order valence-electron chi connectivity index (χ4n) is 0.596. The minimum atomic E-state index is -0.722. The van der Waals surface area contributed by atoms with Gasteiger partial charge in [0, 0.05) is 18.2 Å². The summed E-state index contributed by atoms with van der Waals surface area (Å²) in [5.41, 5.74) is 0. The third-order valence-electron chi connectivity index (χ3n) is 1.30. The zero-order chi connectivity index (χ0) is 12.4. The second-order valence-electron chi connectivity index (χ2n) is 2.40.